The van der Waals surface area contributed by atoms with Crippen LogP contribution in [0.1, 0.15) is 47.7 Å². The Labute approximate surface area is 90.9 Å². The summed E-state index contributed by atoms with van der Waals surface area (Å²) in [6.45, 7) is 4.02. The highest BCUT2D eigenvalue weighted by molar-refractivity contribution is 5.81. The van der Waals surface area contributed by atoms with Gasteiger partial charge in [-0.25, -0.2) is 0 Å². The molecule has 0 atom stereocenters. The maximum absolute atomic E-state index is 10.7. The third kappa shape index (κ3) is 3.08. The number of aromatic hydroxyl groups is 1. The third-order valence-corrected chi connectivity index (χ3v) is 2.61. The Hall–Kier alpha value is -1.31. The first-order valence-corrected chi connectivity index (χ1v) is 5.46. The molecule has 0 saturated heterocycles. The van der Waals surface area contributed by atoms with Crippen LogP contribution < -0.4 is 0 Å². The van der Waals surface area contributed by atoms with Crippen LogP contribution >= 0.6 is 0 Å². The van der Waals surface area contributed by atoms with Crippen LogP contribution in [0.25, 0.3) is 0 Å². The molecule has 0 spiro atoms. The highest BCUT2D eigenvalue weighted by Gasteiger charge is 2.05. The molecule has 1 rings (SSSR count). The van der Waals surface area contributed by atoms with Gasteiger partial charge < -0.3 is 5.11 Å². The standard InChI is InChI=1S/C13H18O2/c1-3-4-5-6-11-7-10(2)12(9-14)13(15)8-11/h7-9,15H,3-6H2,1-2H3. The molecule has 1 aromatic rings. The van der Waals surface area contributed by atoms with Gasteiger partial charge in [0.05, 0.1) is 5.56 Å². The smallest absolute Gasteiger partial charge is 0.154 e. The van der Waals surface area contributed by atoms with E-state index in [1.165, 1.54) is 12.8 Å². The third-order valence-electron chi connectivity index (χ3n) is 2.61. The van der Waals surface area contributed by atoms with Crippen LogP contribution in [0.5, 0.6) is 5.75 Å². The Kier molecular flexibility index (Phi) is 4.35. The van der Waals surface area contributed by atoms with Crippen LogP contribution in [-0.4, -0.2) is 11.4 Å². The fourth-order valence-electron chi connectivity index (χ4n) is 1.73. The van der Waals surface area contributed by atoms with Gasteiger partial charge in [-0.3, -0.25) is 4.79 Å². The number of aryl methyl sites for hydroxylation is 2. The summed E-state index contributed by atoms with van der Waals surface area (Å²) >= 11 is 0. The number of carbonyl (C=O) groups is 1. The number of hydrogen-bond acceptors (Lipinski definition) is 2. The SMILES string of the molecule is CCCCCc1cc(C)c(C=O)c(O)c1. The Balaban J connectivity index is 2.79. The molecule has 0 unspecified atom stereocenters. The lowest BCUT2D eigenvalue weighted by molar-refractivity contribution is 0.112. The van der Waals surface area contributed by atoms with E-state index in [-0.39, 0.29) is 5.75 Å². The monoisotopic (exact) mass is 206 g/mol. The van der Waals surface area contributed by atoms with E-state index in [9.17, 15) is 9.90 Å². The van der Waals surface area contributed by atoms with Gasteiger partial charge >= 0.3 is 0 Å². The predicted octanol–water partition coefficient (Wildman–Crippen LogP) is 3.25. The van der Waals surface area contributed by atoms with E-state index >= 15 is 0 Å². The van der Waals surface area contributed by atoms with Crippen LogP contribution in [-0.2, 0) is 6.42 Å². The molecule has 0 aliphatic rings. The Morgan fingerprint density at radius 3 is 2.60 bits per heavy atom. The van der Waals surface area contributed by atoms with E-state index in [1.807, 2.05) is 13.0 Å². The van der Waals surface area contributed by atoms with Crippen molar-refractivity contribution >= 4 is 6.29 Å². The van der Waals surface area contributed by atoms with Gasteiger partial charge in [0, 0.05) is 0 Å². The molecule has 0 bridgehead atoms. The lowest BCUT2D eigenvalue weighted by Crippen LogP contribution is -1.92. The summed E-state index contributed by atoms with van der Waals surface area (Å²) in [5.74, 6) is 0.108. The molecule has 0 fully saturated rings. The van der Waals surface area contributed by atoms with Crippen molar-refractivity contribution in [2.75, 3.05) is 0 Å². The zero-order valence-corrected chi connectivity index (χ0v) is 9.42. The molecule has 0 heterocycles. The van der Waals surface area contributed by atoms with Crippen molar-refractivity contribution in [1.29, 1.82) is 0 Å². The largest absolute Gasteiger partial charge is 0.507 e. The maximum atomic E-state index is 10.7. The molecule has 0 aromatic heterocycles. The summed E-state index contributed by atoms with van der Waals surface area (Å²) in [5.41, 5.74) is 2.38. The van der Waals surface area contributed by atoms with Crippen molar-refractivity contribution in [3.05, 3.63) is 28.8 Å². The molecular formula is C13H18O2. The molecule has 0 aliphatic heterocycles. The number of phenols is 1. The number of rotatable bonds is 5. The second kappa shape index (κ2) is 5.54. The lowest BCUT2D eigenvalue weighted by atomic mass is 10.0. The lowest BCUT2D eigenvalue weighted by Gasteiger charge is -2.06. The van der Waals surface area contributed by atoms with Gasteiger partial charge in [0.1, 0.15) is 5.75 Å². The molecule has 2 heteroatoms. The van der Waals surface area contributed by atoms with E-state index in [1.54, 1.807) is 6.07 Å². The molecule has 15 heavy (non-hydrogen) atoms. The molecule has 0 radical (unpaired) electrons. The highest BCUT2D eigenvalue weighted by atomic mass is 16.3. The Morgan fingerprint density at radius 2 is 2.07 bits per heavy atom. The summed E-state index contributed by atoms with van der Waals surface area (Å²) in [7, 11) is 0. The average molecular weight is 206 g/mol. The zero-order chi connectivity index (χ0) is 11.3. The van der Waals surface area contributed by atoms with Crippen molar-refractivity contribution in [2.24, 2.45) is 0 Å². The van der Waals surface area contributed by atoms with E-state index in [0.29, 0.717) is 11.8 Å². The van der Waals surface area contributed by atoms with E-state index in [2.05, 4.69) is 6.92 Å². The fourth-order valence-corrected chi connectivity index (χ4v) is 1.73. The molecule has 1 N–H and O–H groups in total. The van der Waals surface area contributed by atoms with Gasteiger partial charge in [-0.2, -0.15) is 0 Å². The number of aldehydes is 1. The van der Waals surface area contributed by atoms with Crippen molar-refractivity contribution in [2.45, 2.75) is 39.5 Å². The van der Waals surface area contributed by atoms with Crippen molar-refractivity contribution in [3.63, 3.8) is 0 Å². The van der Waals surface area contributed by atoms with Crippen LogP contribution in [0, 0.1) is 6.92 Å². The quantitative estimate of drug-likeness (QED) is 0.593. The van der Waals surface area contributed by atoms with Crippen LogP contribution in [0.4, 0.5) is 0 Å². The van der Waals surface area contributed by atoms with Gasteiger partial charge in [-0.1, -0.05) is 25.8 Å². The van der Waals surface area contributed by atoms with E-state index in [4.69, 9.17) is 0 Å². The molecule has 0 amide bonds. The van der Waals surface area contributed by atoms with Gasteiger partial charge in [-0.05, 0) is 37.0 Å². The van der Waals surface area contributed by atoms with E-state index < -0.39 is 0 Å². The molecule has 82 valence electrons. The number of benzene rings is 1. The summed E-state index contributed by atoms with van der Waals surface area (Å²) in [6, 6.07) is 3.69. The second-order valence-corrected chi connectivity index (χ2v) is 3.92. The van der Waals surface area contributed by atoms with Gasteiger partial charge in [0.25, 0.3) is 0 Å². The Bertz CT molecular complexity index is 319. The first kappa shape index (κ1) is 11.8. The molecule has 1 aromatic carbocycles. The van der Waals surface area contributed by atoms with Gasteiger partial charge in [0.15, 0.2) is 6.29 Å². The minimum atomic E-state index is 0.108. The van der Waals surface area contributed by atoms with Crippen molar-refractivity contribution in [1.82, 2.24) is 0 Å². The number of hydrogen-bond donors (Lipinski definition) is 1. The summed E-state index contributed by atoms with van der Waals surface area (Å²) in [6.07, 6.45) is 5.21. The molecule has 0 aliphatic carbocycles. The topological polar surface area (TPSA) is 37.3 Å². The first-order valence-electron chi connectivity index (χ1n) is 5.46. The van der Waals surface area contributed by atoms with Crippen molar-refractivity contribution < 1.29 is 9.90 Å². The van der Waals surface area contributed by atoms with Crippen LogP contribution in [0.3, 0.4) is 0 Å². The normalized spacial score (nSPS) is 10.3. The molecule has 2 nitrogen and oxygen atoms in total. The predicted molar refractivity (Wildman–Crippen MR) is 61.5 cm³/mol. The average Bonchev–Trinajstić information content (AvgIpc) is 2.18. The zero-order valence-electron chi connectivity index (χ0n) is 9.42. The van der Waals surface area contributed by atoms with Crippen LogP contribution in [0.15, 0.2) is 12.1 Å². The Morgan fingerprint density at radius 1 is 1.33 bits per heavy atom. The number of phenolic OH excluding ortho intramolecular Hbond substituents is 1. The number of unbranched alkanes of at least 4 members (excludes halogenated alkanes) is 2. The minimum absolute atomic E-state index is 0.108. The van der Waals surface area contributed by atoms with Crippen molar-refractivity contribution in [3.8, 4) is 5.75 Å². The molecular weight excluding hydrogens is 188 g/mol. The first-order chi connectivity index (χ1) is 7.19. The summed E-state index contributed by atoms with van der Waals surface area (Å²) < 4.78 is 0. The second-order valence-electron chi connectivity index (χ2n) is 3.92. The summed E-state index contributed by atoms with van der Waals surface area (Å²) in [5, 5.41) is 9.60. The number of carbonyl (C=O) groups excluding carboxylic acids is 1. The highest BCUT2D eigenvalue weighted by Crippen LogP contribution is 2.22. The summed E-state index contributed by atoms with van der Waals surface area (Å²) in [4.78, 5) is 10.7. The van der Waals surface area contributed by atoms with E-state index in [0.717, 1.165) is 24.0 Å². The van der Waals surface area contributed by atoms with Gasteiger partial charge in [-0.15, -0.1) is 0 Å². The van der Waals surface area contributed by atoms with Gasteiger partial charge in [0.2, 0.25) is 0 Å². The van der Waals surface area contributed by atoms with Crippen LogP contribution in [0.2, 0.25) is 0 Å². The fraction of sp³-hybridized carbons (Fsp3) is 0.462. The maximum Gasteiger partial charge on any atom is 0.154 e. The molecule has 0 saturated carbocycles. The minimum Gasteiger partial charge on any atom is -0.507 e.